The van der Waals surface area contributed by atoms with Crippen LogP contribution in [0.15, 0.2) is 54.7 Å². The smallest absolute Gasteiger partial charge is 0.255 e. The third kappa shape index (κ3) is 4.28. The summed E-state index contributed by atoms with van der Waals surface area (Å²) in [6.45, 7) is 1.97. The maximum atomic E-state index is 11.1. The molecule has 0 aliphatic heterocycles. The Hall–Kier alpha value is -4.05. The van der Waals surface area contributed by atoms with Crippen LogP contribution in [0.1, 0.15) is 12.5 Å². The molecule has 0 saturated heterocycles. The van der Waals surface area contributed by atoms with Crippen molar-refractivity contribution >= 4 is 11.7 Å². The number of nitrogen functional groups attached to an aromatic ring is 1. The van der Waals surface area contributed by atoms with Gasteiger partial charge in [0.1, 0.15) is 17.5 Å². The Morgan fingerprint density at radius 2 is 1.86 bits per heavy atom. The molecule has 7 heteroatoms. The third-order valence-corrected chi connectivity index (χ3v) is 4.21. The van der Waals surface area contributed by atoms with E-state index in [-0.39, 0.29) is 18.0 Å². The molecule has 0 aliphatic rings. The van der Waals surface area contributed by atoms with Crippen LogP contribution in [-0.4, -0.2) is 24.1 Å². The molecule has 0 atom stereocenters. The maximum Gasteiger partial charge on any atom is 0.255 e. The molecule has 1 amide bonds. The van der Waals surface area contributed by atoms with E-state index in [0.717, 1.165) is 11.1 Å². The molecule has 0 unspecified atom stereocenters. The van der Waals surface area contributed by atoms with E-state index >= 15 is 0 Å². The van der Waals surface area contributed by atoms with E-state index in [2.05, 4.69) is 11.1 Å². The normalized spacial score (nSPS) is 10.2. The van der Waals surface area contributed by atoms with Crippen molar-refractivity contribution in [1.29, 1.82) is 5.26 Å². The number of carbonyl (C=O) groups excluding carboxylic acids is 1. The number of ether oxygens (including phenoxy) is 2. The molecule has 3 aromatic rings. The zero-order valence-electron chi connectivity index (χ0n) is 15.9. The second-order valence-corrected chi connectivity index (χ2v) is 6.13. The number of aromatic nitrogens is 1. The van der Waals surface area contributed by atoms with Crippen molar-refractivity contribution in [3.8, 4) is 39.8 Å². The highest BCUT2D eigenvalue weighted by Gasteiger charge is 2.18. The average Bonchev–Trinajstić information content (AvgIpc) is 2.73. The van der Waals surface area contributed by atoms with Gasteiger partial charge in [0.25, 0.3) is 5.91 Å². The second kappa shape index (κ2) is 8.76. The first kappa shape index (κ1) is 19.7. The van der Waals surface area contributed by atoms with Crippen molar-refractivity contribution in [1.82, 2.24) is 4.98 Å². The van der Waals surface area contributed by atoms with Crippen LogP contribution in [0.25, 0.3) is 22.3 Å². The van der Waals surface area contributed by atoms with Crippen molar-refractivity contribution in [3.05, 3.63) is 60.3 Å². The van der Waals surface area contributed by atoms with Crippen molar-refractivity contribution in [2.24, 2.45) is 5.73 Å². The minimum atomic E-state index is -0.587. The van der Waals surface area contributed by atoms with Crippen LogP contribution in [0.3, 0.4) is 0 Å². The Balaban J connectivity index is 2.19. The number of amides is 1. The molecule has 0 radical (unpaired) electrons. The molecular weight excluding hydrogens is 368 g/mol. The lowest BCUT2D eigenvalue weighted by atomic mass is 9.92. The van der Waals surface area contributed by atoms with Gasteiger partial charge >= 0.3 is 0 Å². The number of hydrogen-bond donors (Lipinski definition) is 2. The van der Waals surface area contributed by atoms with Crippen LogP contribution < -0.4 is 20.9 Å². The highest BCUT2D eigenvalue weighted by Crippen LogP contribution is 2.40. The van der Waals surface area contributed by atoms with Gasteiger partial charge in [-0.05, 0) is 30.2 Å². The number of nitrogens with zero attached hydrogens (tertiary/aromatic N) is 2. The first-order valence-corrected chi connectivity index (χ1v) is 8.97. The number of primary amides is 1. The largest absolute Gasteiger partial charge is 0.490 e. The number of nitrogens with two attached hydrogens (primary N) is 2. The Bertz CT molecular complexity index is 1080. The molecule has 7 nitrogen and oxygen atoms in total. The SMILES string of the molecule is CCOc1cc(-c2c(-c3ccccc3)cnc(N)c2C#N)ccc1OCC(N)=O. The van der Waals surface area contributed by atoms with E-state index in [1.54, 1.807) is 24.4 Å². The fraction of sp³-hybridized carbons (Fsp3) is 0.136. The summed E-state index contributed by atoms with van der Waals surface area (Å²) in [6.07, 6.45) is 1.65. The molecule has 1 heterocycles. The molecule has 0 saturated carbocycles. The van der Waals surface area contributed by atoms with Crippen LogP contribution in [-0.2, 0) is 4.79 Å². The summed E-state index contributed by atoms with van der Waals surface area (Å²) in [6, 6.07) is 17.0. The molecule has 1 aromatic heterocycles. The Labute approximate surface area is 168 Å². The number of pyridine rings is 1. The van der Waals surface area contributed by atoms with E-state index in [1.165, 1.54) is 0 Å². The first-order valence-electron chi connectivity index (χ1n) is 8.97. The highest BCUT2D eigenvalue weighted by molar-refractivity contribution is 5.90. The number of nitriles is 1. The van der Waals surface area contributed by atoms with Crippen LogP contribution >= 0.6 is 0 Å². The van der Waals surface area contributed by atoms with Crippen molar-refractivity contribution in [2.45, 2.75) is 6.92 Å². The summed E-state index contributed by atoms with van der Waals surface area (Å²) in [5, 5.41) is 9.73. The van der Waals surface area contributed by atoms with Gasteiger partial charge < -0.3 is 20.9 Å². The van der Waals surface area contributed by atoms with Gasteiger partial charge in [-0.2, -0.15) is 5.26 Å². The second-order valence-electron chi connectivity index (χ2n) is 6.13. The van der Waals surface area contributed by atoms with Crippen LogP contribution in [0.2, 0.25) is 0 Å². The molecule has 0 aliphatic carbocycles. The number of benzene rings is 2. The Morgan fingerprint density at radius 1 is 1.10 bits per heavy atom. The van der Waals surface area contributed by atoms with E-state index in [9.17, 15) is 10.1 Å². The molecule has 0 spiro atoms. The highest BCUT2D eigenvalue weighted by atomic mass is 16.5. The first-order chi connectivity index (χ1) is 14.0. The predicted molar refractivity (Wildman–Crippen MR) is 110 cm³/mol. The Kier molecular flexibility index (Phi) is 5.95. The van der Waals surface area contributed by atoms with Gasteiger partial charge in [-0.15, -0.1) is 0 Å². The molecule has 2 aromatic carbocycles. The van der Waals surface area contributed by atoms with Gasteiger partial charge in [-0.25, -0.2) is 4.98 Å². The number of anilines is 1. The minimum absolute atomic E-state index is 0.147. The zero-order valence-corrected chi connectivity index (χ0v) is 15.9. The monoisotopic (exact) mass is 388 g/mol. The van der Waals surface area contributed by atoms with Crippen LogP contribution in [0.5, 0.6) is 11.5 Å². The maximum absolute atomic E-state index is 11.1. The number of carbonyl (C=O) groups is 1. The van der Waals surface area contributed by atoms with E-state index in [1.807, 2.05) is 37.3 Å². The van der Waals surface area contributed by atoms with Crippen molar-refractivity contribution < 1.29 is 14.3 Å². The lowest BCUT2D eigenvalue weighted by Gasteiger charge is -2.16. The molecule has 3 rings (SSSR count). The van der Waals surface area contributed by atoms with Gasteiger partial charge in [0, 0.05) is 17.3 Å². The number of hydrogen-bond acceptors (Lipinski definition) is 6. The Morgan fingerprint density at radius 3 is 2.52 bits per heavy atom. The summed E-state index contributed by atoms with van der Waals surface area (Å²) in [7, 11) is 0. The molecule has 29 heavy (non-hydrogen) atoms. The predicted octanol–water partition coefficient (Wildman–Crippen LogP) is 3.13. The topological polar surface area (TPSA) is 124 Å². The summed E-state index contributed by atoms with van der Waals surface area (Å²) in [5.74, 6) is 0.381. The molecular formula is C22H20N4O3. The fourth-order valence-electron chi connectivity index (χ4n) is 2.98. The number of rotatable bonds is 7. The van der Waals surface area contributed by atoms with Gasteiger partial charge in [0.15, 0.2) is 18.1 Å². The average molecular weight is 388 g/mol. The van der Waals surface area contributed by atoms with E-state index < -0.39 is 5.91 Å². The summed E-state index contributed by atoms with van der Waals surface area (Å²) in [5.41, 5.74) is 14.5. The van der Waals surface area contributed by atoms with Crippen LogP contribution in [0, 0.1) is 11.3 Å². The van der Waals surface area contributed by atoms with E-state index in [0.29, 0.717) is 29.2 Å². The fourth-order valence-corrected chi connectivity index (χ4v) is 2.98. The molecule has 4 N–H and O–H groups in total. The lowest BCUT2D eigenvalue weighted by Crippen LogP contribution is -2.20. The molecule has 146 valence electrons. The third-order valence-electron chi connectivity index (χ3n) is 4.21. The minimum Gasteiger partial charge on any atom is -0.490 e. The standard InChI is InChI=1S/C22H20N4O3/c1-2-28-19-10-15(8-9-18(19)29-13-20(24)27)21-16(11-23)22(25)26-12-17(21)14-6-4-3-5-7-14/h3-10,12H,2,13H2,1H3,(H2,24,27)(H2,25,26). The quantitative estimate of drug-likeness (QED) is 0.641. The van der Waals surface area contributed by atoms with Crippen molar-refractivity contribution in [2.75, 3.05) is 18.9 Å². The molecule has 0 fully saturated rings. The van der Waals surface area contributed by atoms with Gasteiger partial charge in [0.05, 0.1) is 6.61 Å². The summed E-state index contributed by atoms with van der Waals surface area (Å²) in [4.78, 5) is 15.2. The van der Waals surface area contributed by atoms with Gasteiger partial charge in [-0.1, -0.05) is 36.4 Å². The molecule has 0 bridgehead atoms. The van der Waals surface area contributed by atoms with Gasteiger partial charge in [0.2, 0.25) is 0 Å². The van der Waals surface area contributed by atoms with E-state index in [4.69, 9.17) is 20.9 Å². The zero-order chi connectivity index (χ0) is 20.8. The summed E-state index contributed by atoms with van der Waals surface area (Å²) >= 11 is 0. The summed E-state index contributed by atoms with van der Waals surface area (Å²) < 4.78 is 11.1. The van der Waals surface area contributed by atoms with Gasteiger partial charge in [-0.3, -0.25) is 4.79 Å². The lowest BCUT2D eigenvalue weighted by molar-refractivity contribution is -0.119. The van der Waals surface area contributed by atoms with Crippen LogP contribution in [0.4, 0.5) is 5.82 Å². The van der Waals surface area contributed by atoms with Crippen molar-refractivity contribution in [3.63, 3.8) is 0 Å².